The fourth-order valence-electron chi connectivity index (χ4n) is 5.90. The molecule has 4 heteroatoms. The highest BCUT2D eigenvalue weighted by molar-refractivity contribution is 5.88. The SMILES string of the molecule is CC(C)(C)c1ccc(C2(CNC(=O)C3(c4ccc(F)c(C#N)c4)CCCC3)CCCC2)cc1. The molecule has 0 unspecified atom stereocenters. The Bertz CT molecular complexity index is 1050. The zero-order valence-corrected chi connectivity index (χ0v) is 20.1. The first-order chi connectivity index (χ1) is 15.7. The van der Waals surface area contributed by atoms with Crippen molar-refractivity contribution in [2.75, 3.05) is 6.54 Å². The summed E-state index contributed by atoms with van der Waals surface area (Å²) in [5.74, 6) is -0.508. The van der Waals surface area contributed by atoms with Crippen LogP contribution in [0.4, 0.5) is 4.39 Å². The largest absolute Gasteiger partial charge is 0.354 e. The van der Waals surface area contributed by atoms with Gasteiger partial charge in [0.05, 0.1) is 11.0 Å². The molecule has 2 saturated carbocycles. The van der Waals surface area contributed by atoms with Crippen molar-refractivity contribution in [2.24, 2.45) is 0 Å². The monoisotopic (exact) mass is 446 g/mol. The zero-order valence-electron chi connectivity index (χ0n) is 20.1. The molecule has 0 aromatic heterocycles. The van der Waals surface area contributed by atoms with Crippen molar-refractivity contribution >= 4 is 5.91 Å². The van der Waals surface area contributed by atoms with Gasteiger partial charge in [0.25, 0.3) is 0 Å². The summed E-state index contributed by atoms with van der Waals surface area (Å²) in [5, 5.41) is 12.6. The van der Waals surface area contributed by atoms with Crippen LogP contribution in [0.3, 0.4) is 0 Å². The molecule has 4 rings (SSSR count). The summed E-state index contributed by atoms with van der Waals surface area (Å²) >= 11 is 0. The number of nitrogens with zero attached hydrogens (tertiary/aromatic N) is 1. The summed E-state index contributed by atoms with van der Waals surface area (Å²) in [6, 6.07) is 15.5. The van der Waals surface area contributed by atoms with Crippen LogP contribution in [0, 0.1) is 17.1 Å². The lowest BCUT2D eigenvalue weighted by Gasteiger charge is -2.34. The molecule has 0 atom stereocenters. The molecule has 0 heterocycles. The third-order valence-corrected chi connectivity index (χ3v) is 8.04. The van der Waals surface area contributed by atoms with Crippen LogP contribution >= 0.6 is 0 Å². The van der Waals surface area contributed by atoms with E-state index in [1.165, 1.54) is 30.0 Å². The molecule has 2 aromatic carbocycles. The van der Waals surface area contributed by atoms with E-state index in [9.17, 15) is 14.4 Å². The van der Waals surface area contributed by atoms with E-state index in [-0.39, 0.29) is 22.3 Å². The summed E-state index contributed by atoms with van der Waals surface area (Å²) in [7, 11) is 0. The van der Waals surface area contributed by atoms with Gasteiger partial charge in [-0.05, 0) is 59.9 Å². The molecule has 2 aromatic rings. The van der Waals surface area contributed by atoms with Crippen LogP contribution in [0.1, 0.15) is 94.4 Å². The predicted octanol–water partition coefficient (Wildman–Crippen LogP) is 6.43. The third kappa shape index (κ3) is 4.43. The Morgan fingerprint density at radius 1 is 0.970 bits per heavy atom. The van der Waals surface area contributed by atoms with Gasteiger partial charge in [0, 0.05) is 12.0 Å². The molecule has 0 bridgehead atoms. The van der Waals surface area contributed by atoms with Gasteiger partial charge in [-0.2, -0.15) is 5.26 Å². The molecule has 0 saturated heterocycles. The molecular weight excluding hydrogens is 411 g/mol. The van der Waals surface area contributed by atoms with Crippen LogP contribution in [0.25, 0.3) is 0 Å². The lowest BCUT2D eigenvalue weighted by Crippen LogP contribution is -2.47. The highest BCUT2D eigenvalue weighted by atomic mass is 19.1. The van der Waals surface area contributed by atoms with E-state index >= 15 is 0 Å². The standard InChI is InChI=1S/C29H35FN2O/c1-27(2,3)22-8-10-23(11-9-22)28(14-4-5-15-28)20-32-26(33)29(16-6-7-17-29)24-12-13-25(30)21(18-24)19-31/h8-13,18H,4-7,14-17,20H2,1-3H3,(H,32,33). The Balaban J connectivity index is 1.58. The maximum atomic E-state index is 14.0. The number of carbonyl (C=O) groups is 1. The van der Waals surface area contributed by atoms with E-state index in [2.05, 4.69) is 50.4 Å². The first kappa shape index (κ1) is 23.5. The molecule has 174 valence electrons. The summed E-state index contributed by atoms with van der Waals surface area (Å²) in [4.78, 5) is 13.7. The maximum absolute atomic E-state index is 14.0. The molecule has 0 spiro atoms. The van der Waals surface area contributed by atoms with Crippen LogP contribution in [0.15, 0.2) is 42.5 Å². The Morgan fingerprint density at radius 3 is 2.12 bits per heavy atom. The minimum Gasteiger partial charge on any atom is -0.354 e. The second kappa shape index (κ2) is 8.93. The molecular formula is C29H35FN2O. The second-order valence-corrected chi connectivity index (χ2v) is 11.1. The van der Waals surface area contributed by atoms with Crippen LogP contribution in [0.2, 0.25) is 0 Å². The fraction of sp³-hybridized carbons (Fsp3) is 0.517. The minimum atomic E-state index is -0.671. The van der Waals surface area contributed by atoms with Crippen LogP contribution in [-0.2, 0) is 21.0 Å². The van der Waals surface area contributed by atoms with E-state index in [1.807, 2.05) is 6.07 Å². The average molecular weight is 447 g/mol. The Labute approximate surface area is 197 Å². The van der Waals surface area contributed by atoms with E-state index in [4.69, 9.17) is 0 Å². The van der Waals surface area contributed by atoms with Crippen molar-refractivity contribution in [2.45, 2.75) is 88.4 Å². The molecule has 1 amide bonds. The zero-order chi connectivity index (χ0) is 23.7. The number of hydrogen-bond acceptors (Lipinski definition) is 2. The molecule has 3 nitrogen and oxygen atoms in total. The van der Waals surface area contributed by atoms with E-state index in [0.29, 0.717) is 6.54 Å². The Hall–Kier alpha value is -2.67. The second-order valence-electron chi connectivity index (χ2n) is 11.1. The average Bonchev–Trinajstić information content (AvgIpc) is 3.49. The van der Waals surface area contributed by atoms with Crippen LogP contribution in [0.5, 0.6) is 0 Å². The quantitative estimate of drug-likeness (QED) is 0.575. The first-order valence-corrected chi connectivity index (χ1v) is 12.3. The normalized spacial score (nSPS) is 19.2. The Kier molecular flexibility index (Phi) is 6.36. The topological polar surface area (TPSA) is 52.9 Å². The van der Waals surface area contributed by atoms with Gasteiger partial charge < -0.3 is 5.32 Å². The van der Waals surface area contributed by atoms with E-state index in [1.54, 1.807) is 12.1 Å². The summed E-state index contributed by atoms with van der Waals surface area (Å²) in [5.41, 5.74) is 2.81. The predicted molar refractivity (Wildman–Crippen MR) is 130 cm³/mol. The highest BCUT2D eigenvalue weighted by Gasteiger charge is 2.44. The van der Waals surface area contributed by atoms with Gasteiger partial charge in [-0.1, -0.05) is 76.8 Å². The number of carbonyl (C=O) groups excluding carboxylic acids is 1. The molecule has 1 N–H and O–H groups in total. The smallest absolute Gasteiger partial charge is 0.230 e. The van der Waals surface area contributed by atoms with Crippen molar-refractivity contribution in [1.82, 2.24) is 5.32 Å². The molecule has 0 aliphatic heterocycles. The summed E-state index contributed by atoms with van der Waals surface area (Å²) < 4.78 is 14.0. The number of hydrogen-bond donors (Lipinski definition) is 1. The van der Waals surface area contributed by atoms with Gasteiger partial charge in [-0.3, -0.25) is 4.79 Å². The molecule has 2 aliphatic carbocycles. The maximum Gasteiger partial charge on any atom is 0.230 e. The summed E-state index contributed by atoms with van der Waals surface area (Å²) in [6.07, 6.45) is 7.90. The van der Waals surface area contributed by atoms with Crippen molar-refractivity contribution in [3.63, 3.8) is 0 Å². The molecule has 0 radical (unpaired) electrons. The van der Waals surface area contributed by atoms with Crippen molar-refractivity contribution in [3.8, 4) is 6.07 Å². The van der Waals surface area contributed by atoms with Gasteiger partial charge >= 0.3 is 0 Å². The van der Waals surface area contributed by atoms with Crippen LogP contribution in [-0.4, -0.2) is 12.5 Å². The summed E-state index contributed by atoms with van der Waals surface area (Å²) in [6.45, 7) is 7.29. The highest BCUT2D eigenvalue weighted by Crippen LogP contribution is 2.44. The van der Waals surface area contributed by atoms with Gasteiger partial charge in [-0.25, -0.2) is 4.39 Å². The third-order valence-electron chi connectivity index (χ3n) is 8.04. The van der Waals surface area contributed by atoms with Gasteiger partial charge in [0.15, 0.2) is 0 Å². The number of benzene rings is 2. The van der Waals surface area contributed by atoms with Crippen LogP contribution < -0.4 is 5.32 Å². The van der Waals surface area contributed by atoms with Gasteiger partial charge in [0.2, 0.25) is 5.91 Å². The lowest BCUT2D eigenvalue weighted by molar-refractivity contribution is -0.127. The van der Waals surface area contributed by atoms with Gasteiger partial charge in [0.1, 0.15) is 11.9 Å². The van der Waals surface area contributed by atoms with E-state index < -0.39 is 11.2 Å². The minimum absolute atomic E-state index is 0.0118. The lowest BCUT2D eigenvalue weighted by atomic mass is 9.75. The van der Waals surface area contributed by atoms with Crippen molar-refractivity contribution < 1.29 is 9.18 Å². The number of halogens is 1. The van der Waals surface area contributed by atoms with E-state index in [0.717, 1.165) is 44.1 Å². The Morgan fingerprint density at radius 2 is 1.55 bits per heavy atom. The molecule has 2 fully saturated rings. The number of amides is 1. The fourth-order valence-corrected chi connectivity index (χ4v) is 5.90. The van der Waals surface area contributed by atoms with Crippen molar-refractivity contribution in [3.05, 3.63) is 70.5 Å². The molecule has 2 aliphatic rings. The van der Waals surface area contributed by atoms with Crippen molar-refractivity contribution in [1.29, 1.82) is 5.26 Å². The first-order valence-electron chi connectivity index (χ1n) is 12.3. The number of rotatable bonds is 5. The van der Waals surface area contributed by atoms with Gasteiger partial charge in [-0.15, -0.1) is 0 Å². The number of nitrogens with one attached hydrogen (secondary N) is 1. The molecule has 33 heavy (non-hydrogen) atoms. The number of nitriles is 1.